The van der Waals surface area contributed by atoms with Gasteiger partial charge in [0.2, 0.25) is 10.0 Å². The summed E-state index contributed by atoms with van der Waals surface area (Å²) in [5.74, 6) is 0. The lowest BCUT2D eigenvalue weighted by atomic mass is 10.2. The first-order valence-electron chi connectivity index (χ1n) is 10.6. The van der Waals surface area contributed by atoms with Gasteiger partial charge in [-0.15, -0.1) is 0 Å². The Hall–Kier alpha value is -2.84. The third-order valence-corrected chi connectivity index (χ3v) is 7.66. The monoisotopic (exact) mass is 440 g/mol. The number of nitrogens with zero attached hydrogens (tertiary/aromatic N) is 3. The molecule has 164 valence electrons. The maximum absolute atomic E-state index is 13.3. The predicted molar refractivity (Wildman–Crippen MR) is 123 cm³/mol. The van der Waals surface area contributed by atoms with Gasteiger partial charge in [-0.25, -0.2) is 13.2 Å². The maximum atomic E-state index is 13.3. The lowest BCUT2D eigenvalue weighted by Gasteiger charge is -2.22. The van der Waals surface area contributed by atoms with Crippen molar-refractivity contribution in [2.45, 2.75) is 31.7 Å². The van der Waals surface area contributed by atoms with E-state index in [4.69, 9.17) is 0 Å². The molecule has 2 aromatic carbocycles. The van der Waals surface area contributed by atoms with E-state index in [9.17, 15) is 13.2 Å². The Labute approximate surface area is 183 Å². The summed E-state index contributed by atoms with van der Waals surface area (Å²) in [6.45, 7) is 6.42. The van der Waals surface area contributed by atoms with E-state index in [0.29, 0.717) is 31.0 Å². The Balaban J connectivity index is 1.46. The highest BCUT2D eigenvalue weighted by Crippen LogP contribution is 2.24. The average Bonchev–Trinajstić information content (AvgIpc) is 3.00. The first-order chi connectivity index (χ1) is 14.9. The van der Waals surface area contributed by atoms with Gasteiger partial charge in [-0.2, -0.15) is 4.31 Å². The molecule has 7 nitrogen and oxygen atoms in total. The molecule has 1 aliphatic heterocycles. The molecule has 0 unspecified atom stereocenters. The molecule has 1 saturated heterocycles. The number of carbonyl (C=O) groups is 1. The Morgan fingerprint density at radius 3 is 2.52 bits per heavy atom. The Bertz CT molecular complexity index is 1190. The zero-order valence-corrected chi connectivity index (χ0v) is 18.7. The van der Waals surface area contributed by atoms with Crippen LogP contribution in [0.15, 0.2) is 59.6 Å². The maximum Gasteiger partial charge on any atom is 0.321 e. The van der Waals surface area contributed by atoms with Crippen LogP contribution in [-0.4, -0.2) is 54.4 Å². The van der Waals surface area contributed by atoms with Crippen LogP contribution < -0.4 is 5.32 Å². The quantitative estimate of drug-likeness (QED) is 0.669. The summed E-state index contributed by atoms with van der Waals surface area (Å²) in [5, 5.41) is 3.81. The summed E-state index contributed by atoms with van der Waals surface area (Å²) in [6, 6.07) is 14.6. The first kappa shape index (κ1) is 21.4. The molecule has 0 bridgehead atoms. The van der Waals surface area contributed by atoms with Crippen LogP contribution in [0, 0.1) is 6.92 Å². The minimum atomic E-state index is -3.62. The average molecular weight is 441 g/mol. The van der Waals surface area contributed by atoms with Gasteiger partial charge >= 0.3 is 6.03 Å². The van der Waals surface area contributed by atoms with Crippen molar-refractivity contribution in [2.75, 3.05) is 31.5 Å². The molecule has 0 radical (unpaired) electrons. The summed E-state index contributed by atoms with van der Waals surface area (Å²) in [7, 11) is -3.62. The Morgan fingerprint density at radius 2 is 1.77 bits per heavy atom. The summed E-state index contributed by atoms with van der Waals surface area (Å²) in [4.78, 5) is 14.6. The summed E-state index contributed by atoms with van der Waals surface area (Å²) >= 11 is 0. The summed E-state index contributed by atoms with van der Waals surface area (Å²) < 4.78 is 30.1. The molecule has 0 saturated carbocycles. The topological polar surface area (TPSA) is 74.7 Å². The Morgan fingerprint density at radius 1 is 1.00 bits per heavy atom. The van der Waals surface area contributed by atoms with E-state index in [1.54, 1.807) is 17.0 Å². The number of anilines is 1. The van der Waals surface area contributed by atoms with Crippen molar-refractivity contribution in [3.05, 3.63) is 60.3 Å². The van der Waals surface area contributed by atoms with Gasteiger partial charge in [-0.3, -0.25) is 0 Å². The van der Waals surface area contributed by atoms with Gasteiger partial charge < -0.3 is 14.8 Å². The molecule has 0 aliphatic carbocycles. The van der Waals surface area contributed by atoms with E-state index >= 15 is 0 Å². The Kier molecular flexibility index (Phi) is 6.02. The van der Waals surface area contributed by atoms with Crippen LogP contribution in [0.25, 0.3) is 10.9 Å². The lowest BCUT2D eigenvalue weighted by Crippen LogP contribution is -2.39. The van der Waals surface area contributed by atoms with Crippen molar-refractivity contribution in [1.29, 1.82) is 0 Å². The fraction of sp³-hybridized carbons (Fsp3) is 0.348. The standard InChI is InChI=1S/C23H28N4O3S/c1-3-25-14-11-19-17-21(9-10-22(19)25)31(29,30)27-13-4-12-26(15-16-27)23(28)24-20-7-5-18(2)6-8-20/h5-11,14,17H,3-4,12-13,15-16H2,1-2H3,(H,24,28). The van der Waals surface area contributed by atoms with Gasteiger partial charge in [0, 0.05) is 55.5 Å². The van der Waals surface area contributed by atoms with Crippen LogP contribution in [0.2, 0.25) is 0 Å². The zero-order chi connectivity index (χ0) is 22.0. The predicted octanol–water partition coefficient (Wildman–Crippen LogP) is 3.90. The molecule has 8 heteroatoms. The number of aryl methyl sites for hydroxylation is 2. The molecule has 0 spiro atoms. The van der Waals surface area contributed by atoms with Crippen LogP contribution in [-0.2, 0) is 16.6 Å². The highest BCUT2D eigenvalue weighted by molar-refractivity contribution is 7.89. The number of sulfonamides is 1. The number of hydrogen-bond acceptors (Lipinski definition) is 3. The molecule has 2 heterocycles. The molecule has 1 fully saturated rings. The van der Waals surface area contributed by atoms with Crippen LogP contribution in [0.4, 0.5) is 10.5 Å². The normalized spacial score (nSPS) is 15.7. The highest BCUT2D eigenvalue weighted by atomic mass is 32.2. The molecular weight excluding hydrogens is 412 g/mol. The molecule has 1 N–H and O–H groups in total. The number of urea groups is 1. The van der Waals surface area contributed by atoms with Crippen LogP contribution >= 0.6 is 0 Å². The minimum absolute atomic E-state index is 0.203. The zero-order valence-electron chi connectivity index (χ0n) is 17.9. The number of fused-ring (bicyclic) bond motifs is 1. The largest absolute Gasteiger partial charge is 0.348 e. The van der Waals surface area contributed by atoms with Crippen LogP contribution in [0.3, 0.4) is 0 Å². The number of aromatic nitrogens is 1. The molecule has 1 aromatic heterocycles. The van der Waals surface area contributed by atoms with Gasteiger partial charge in [-0.1, -0.05) is 17.7 Å². The van der Waals surface area contributed by atoms with Crippen molar-refractivity contribution in [2.24, 2.45) is 0 Å². The minimum Gasteiger partial charge on any atom is -0.348 e. The number of amides is 2. The fourth-order valence-electron chi connectivity index (χ4n) is 3.94. The van der Waals surface area contributed by atoms with Crippen molar-refractivity contribution in [1.82, 2.24) is 13.8 Å². The molecule has 4 rings (SSSR count). The molecule has 1 aliphatic rings. The molecule has 3 aromatic rings. The summed E-state index contributed by atoms with van der Waals surface area (Å²) in [5.41, 5.74) is 2.88. The number of carbonyl (C=O) groups excluding carboxylic acids is 1. The van der Waals surface area contributed by atoms with Crippen molar-refractivity contribution in [3.8, 4) is 0 Å². The number of rotatable bonds is 4. The third kappa shape index (κ3) is 4.45. The highest BCUT2D eigenvalue weighted by Gasteiger charge is 2.28. The summed E-state index contributed by atoms with van der Waals surface area (Å²) in [6.07, 6.45) is 2.56. The molecule has 2 amide bonds. The van der Waals surface area contributed by atoms with E-state index in [1.165, 1.54) is 4.31 Å². The lowest BCUT2D eigenvalue weighted by molar-refractivity contribution is 0.214. The van der Waals surface area contributed by atoms with E-state index in [1.807, 2.05) is 49.5 Å². The van der Waals surface area contributed by atoms with E-state index in [0.717, 1.165) is 28.7 Å². The van der Waals surface area contributed by atoms with Crippen molar-refractivity contribution >= 4 is 32.6 Å². The van der Waals surface area contributed by atoms with E-state index in [2.05, 4.69) is 16.8 Å². The van der Waals surface area contributed by atoms with Gasteiger partial charge in [0.1, 0.15) is 0 Å². The first-order valence-corrected chi connectivity index (χ1v) is 12.0. The van der Waals surface area contributed by atoms with E-state index in [-0.39, 0.29) is 12.6 Å². The fourth-order valence-corrected chi connectivity index (χ4v) is 5.45. The van der Waals surface area contributed by atoms with Crippen LogP contribution in [0.5, 0.6) is 0 Å². The second kappa shape index (κ2) is 8.72. The smallest absolute Gasteiger partial charge is 0.321 e. The van der Waals surface area contributed by atoms with Gasteiger partial charge in [0.05, 0.1) is 4.90 Å². The van der Waals surface area contributed by atoms with Gasteiger partial charge in [-0.05, 0) is 56.7 Å². The van der Waals surface area contributed by atoms with Gasteiger partial charge in [0.15, 0.2) is 0 Å². The van der Waals surface area contributed by atoms with Crippen LogP contribution in [0.1, 0.15) is 18.9 Å². The van der Waals surface area contributed by atoms with Crippen molar-refractivity contribution < 1.29 is 13.2 Å². The molecule has 31 heavy (non-hydrogen) atoms. The molecule has 0 atom stereocenters. The number of benzene rings is 2. The number of hydrogen-bond donors (Lipinski definition) is 1. The number of nitrogens with one attached hydrogen (secondary N) is 1. The third-order valence-electron chi connectivity index (χ3n) is 5.77. The van der Waals surface area contributed by atoms with Gasteiger partial charge in [0.25, 0.3) is 0 Å². The second-order valence-electron chi connectivity index (χ2n) is 7.86. The van der Waals surface area contributed by atoms with Crippen molar-refractivity contribution in [3.63, 3.8) is 0 Å². The second-order valence-corrected chi connectivity index (χ2v) is 9.80. The van der Waals surface area contributed by atoms with E-state index < -0.39 is 10.0 Å². The molecular formula is C23H28N4O3S. The SMILES string of the molecule is CCn1ccc2cc(S(=O)(=O)N3CCCN(C(=O)Nc4ccc(C)cc4)CC3)ccc21.